The Labute approximate surface area is 111 Å². The standard InChI is InChI=1S/C13H12N4.ClH/c14-9-10-4-6-11(7-5-10)13-16-15-12-3-1-2-8-17(12)13;/h1-8H,9,14H2;1H. The molecule has 2 aromatic heterocycles. The van der Waals surface area contributed by atoms with Crippen LogP contribution in [0.1, 0.15) is 5.56 Å². The van der Waals surface area contributed by atoms with Crippen LogP contribution in [0.2, 0.25) is 0 Å². The molecule has 0 aliphatic carbocycles. The van der Waals surface area contributed by atoms with Crippen LogP contribution in [0.15, 0.2) is 48.7 Å². The fourth-order valence-corrected chi connectivity index (χ4v) is 1.83. The lowest BCUT2D eigenvalue weighted by molar-refractivity contribution is 1.07. The number of pyridine rings is 1. The van der Waals surface area contributed by atoms with Crippen LogP contribution in [0.4, 0.5) is 0 Å². The molecule has 0 saturated carbocycles. The molecule has 0 aliphatic heterocycles. The van der Waals surface area contributed by atoms with Crippen molar-refractivity contribution in [2.75, 3.05) is 0 Å². The van der Waals surface area contributed by atoms with Crippen molar-refractivity contribution in [1.82, 2.24) is 14.6 Å². The molecule has 0 spiro atoms. The Morgan fingerprint density at radius 1 is 1.00 bits per heavy atom. The van der Waals surface area contributed by atoms with Crippen LogP contribution in [0.3, 0.4) is 0 Å². The van der Waals surface area contributed by atoms with Gasteiger partial charge in [-0.05, 0) is 17.7 Å². The van der Waals surface area contributed by atoms with Gasteiger partial charge in [-0.1, -0.05) is 30.3 Å². The summed E-state index contributed by atoms with van der Waals surface area (Å²) in [7, 11) is 0. The SMILES string of the molecule is Cl.NCc1ccc(-c2nnc3ccccn23)cc1. The second kappa shape index (κ2) is 5.16. The minimum atomic E-state index is 0. The molecule has 0 radical (unpaired) electrons. The van der Waals surface area contributed by atoms with Crippen molar-refractivity contribution in [1.29, 1.82) is 0 Å². The van der Waals surface area contributed by atoms with E-state index in [1.54, 1.807) is 0 Å². The zero-order valence-corrected chi connectivity index (χ0v) is 10.5. The van der Waals surface area contributed by atoms with Gasteiger partial charge in [0.2, 0.25) is 0 Å². The maximum atomic E-state index is 5.58. The Kier molecular flexibility index (Phi) is 3.60. The van der Waals surface area contributed by atoms with Gasteiger partial charge >= 0.3 is 0 Å². The molecule has 3 rings (SSSR count). The van der Waals surface area contributed by atoms with Gasteiger partial charge in [0.1, 0.15) is 0 Å². The predicted molar refractivity (Wildman–Crippen MR) is 73.6 cm³/mol. The number of nitrogens with zero attached hydrogens (tertiary/aromatic N) is 3. The zero-order chi connectivity index (χ0) is 11.7. The van der Waals surface area contributed by atoms with Crippen LogP contribution in [0.25, 0.3) is 17.0 Å². The summed E-state index contributed by atoms with van der Waals surface area (Å²) in [5.74, 6) is 0.851. The number of rotatable bonds is 2. The first kappa shape index (κ1) is 12.5. The summed E-state index contributed by atoms with van der Waals surface area (Å²) in [6.07, 6.45) is 1.96. The molecule has 0 bridgehead atoms. The van der Waals surface area contributed by atoms with Crippen molar-refractivity contribution < 1.29 is 0 Å². The summed E-state index contributed by atoms with van der Waals surface area (Å²) in [6, 6.07) is 13.9. The van der Waals surface area contributed by atoms with E-state index in [9.17, 15) is 0 Å². The molecular weight excluding hydrogens is 248 g/mol. The molecule has 0 unspecified atom stereocenters. The molecule has 92 valence electrons. The van der Waals surface area contributed by atoms with E-state index in [-0.39, 0.29) is 12.4 Å². The number of nitrogens with two attached hydrogens (primary N) is 1. The summed E-state index contributed by atoms with van der Waals surface area (Å²) in [5.41, 5.74) is 8.58. The minimum absolute atomic E-state index is 0. The second-order valence-corrected chi connectivity index (χ2v) is 3.85. The molecule has 4 nitrogen and oxygen atoms in total. The number of fused-ring (bicyclic) bond motifs is 1. The zero-order valence-electron chi connectivity index (χ0n) is 9.65. The number of aromatic nitrogens is 3. The van der Waals surface area contributed by atoms with Gasteiger partial charge in [-0.25, -0.2) is 0 Å². The van der Waals surface area contributed by atoms with E-state index in [4.69, 9.17) is 5.73 Å². The van der Waals surface area contributed by atoms with Crippen molar-refractivity contribution in [2.45, 2.75) is 6.54 Å². The molecule has 3 aromatic rings. The van der Waals surface area contributed by atoms with Gasteiger partial charge in [0.05, 0.1) is 0 Å². The van der Waals surface area contributed by atoms with Crippen molar-refractivity contribution in [3.05, 3.63) is 54.2 Å². The molecule has 2 heterocycles. The molecule has 2 N–H and O–H groups in total. The summed E-state index contributed by atoms with van der Waals surface area (Å²) in [5, 5.41) is 8.33. The lowest BCUT2D eigenvalue weighted by atomic mass is 10.1. The smallest absolute Gasteiger partial charge is 0.168 e. The summed E-state index contributed by atoms with van der Waals surface area (Å²) < 4.78 is 1.97. The Hall–Kier alpha value is -1.91. The molecule has 0 atom stereocenters. The fourth-order valence-electron chi connectivity index (χ4n) is 1.83. The van der Waals surface area contributed by atoms with Crippen LogP contribution in [0, 0.1) is 0 Å². The Balaban J connectivity index is 0.00000120. The first-order valence-electron chi connectivity index (χ1n) is 5.47. The summed E-state index contributed by atoms with van der Waals surface area (Å²) in [6.45, 7) is 0.556. The molecule has 0 saturated heterocycles. The van der Waals surface area contributed by atoms with E-state index < -0.39 is 0 Å². The van der Waals surface area contributed by atoms with Gasteiger partial charge < -0.3 is 5.73 Å². The third-order valence-electron chi connectivity index (χ3n) is 2.76. The van der Waals surface area contributed by atoms with E-state index in [1.165, 1.54) is 0 Å². The van der Waals surface area contributed by atoms with Crippen molar-refractivity contribution in [2.24, 2.45) is 5.73 Å². The molecule has 18 heavy (non-hydrogen) atoms. The van der Waals surface area contributed by atoms with Gasteiger partial charge in [-0.15, -0.1) is 22.6 Å². The number of hydrogen-bond acceptors (Lipinski definition) is 3. The summed E-state index contributed by atoms with van der Waals surface area (Å²) >= 11 is 0. The normalized spacial score (nSPS) is 10.3. The van der Waals surface area contributed by atoms with Gasteiger partial charge in [-0.3, -0.25) is 4.40 Å². The van der Waals surface area contributed by atoms with Crippen LogP contribution in [-0.2, 0) is 6.54 Å². The van der Waals surface area contributed by atoms with Gasteiger partial charge in [-0.2, -0.15) is 0 Å². The predicted octanol–water partition coefficient (Wildman–Crippen LogP) is 2.28. The Morgan fingerprint density at radius 2 is 1.78 bits per heavy atom. The average Bonchev–Trinajstić information content (AvgIpc) is 2.83. The maximum Gasteiger partial charge on any atom is 0.168 e. The van der Waals surface area contributed by atoms with Crippen LogP contribution < -0.4 is 5.73 Å². The highest BCUT2D eigenvalue weighted by Crippen LogP contribution is 2.18. The molecule has 0 amide bonds. The van der Waals surface area contributed by atoms with Crippen LogP contribution in [0.5, 0.6) is 0 Å². The first-order valence-corrected chi connectivity index (χ1v) is 5.47. The van der Waals surface area contributed by atoms with Gasteiger partial charge in [0, 0.05) is 18.3 Å². The quantitative estimate of drug-likeness (QED) is 0.769. The van der Waals surface area contributed by atoms with Crippen molar-refractivity contribution in [3.8, 4) is 11.4 Å². The first-order chi connectivity index (χ1) is 8.38. The second-order valence-electron chi connectivity index (χ2n) is 3.85. The molecule has 0 aliphatic rings. The molecular formula is C13H13ClN4. The molecule has 1 aromatic carbocycles. The third kappa shape index (κ3) is 2.08. The van der Waals surface area contributed by atoms with E-state index in [2.05, 4.69) is 10.2 Å². The topological polar surface area (TPSA) is 56.2 Å². The van der Waals surface area contributed by atoms with Crippen LogP contribution >= 0.6 is 12.4 Å². The highest BCUT2D eigenvalue weighted by Gasteiger charge is 2.06. The van der Waals surface area contributed by atoms with Crippen LogP contribution in [-0.4, -0.2) is 14.6 Å². The number of hydrogen-bond donors (Lipinski definition) is 1. The van der Waals surface area contributed by atoms with E-state index in [1.807, 2.05) is 53.1 Å². The lowest BCUT2D eigenvalue weighted by Gasteiger charge is -2.01. The molecule has 0 fully saturated rings. The van der Waals surface area contributed by atoms with Crippen molar-refractivity contribution in [3.63, 3.8) is 0 Å². The van der Waals surface area contributed by atoms with Gasteiger partial charge in [0.15, 0.2) is 11.5 Å². The Morgan fingerprint density at radius 3 is 2.50 bits per heavy atom. The summed E-state index contributed by atoms with van der Waals surface area (Å²) in [4.78, 5) is 0. The van der Waals surface area contributed by atoms with E-state index in [0.29, 0.717) is 6.54 Å². The highest BCUT2D eigenvalue weighted by molar-refractivity contribution is 5.85. The van der Waals surface area contributed by atoms with E-state index in [0.717, 1.165) is 22.6 Å². The monoisotopic (exact) mass is 260 g/mol. The van der Waals surface area contributed by atoms with E-state index >= 15 is 0 Å². The van der Waals surface area contributed by atoms with Crippen molar-refractivity contribution >= 4 is 18.1 Å². The Bertz CT molecular complexity index is 645. The minimum Gasteiger partial charge on any atom is -0.326 e. The third-order valence-corrected chi connectivity index (χ3v) is 2.76. The highest BCUT2D eigenvalue weighted by atomic mass is 35.5. The largest absolute Gasteiger partial charge is 0.326 e. The molecule has 5 heteroatoms. The average molecular weight is 261 g/mol. The maximum absolute atomic E-state index is 5.58. The number of benzene rings is 1. The fraction of sp³-hybridized carbons (Fsp3) is 0.0769. The van der Waals surface area contributed by atoms with Gasteiger partial charge in [0.25, 0.3) is 0 Å². The number of halogens is 1. The lowest BCUT2D eigenvalue weighted by Crippen LogP contribution is -1.96.